The lowest BCUT2D eigenvalue weighted by atomic mass is 9.88. The fraction of sp³-hybridized carbons (Fsp3) is 0. The smallest absolute Gasteiger partial charge is 0.164 e. The first-order chi connectivity index (χ1) is 34.7. The van der Waals surface area contributed by atoms with Crippen LogP contribution in [0.4, 0.5) is 0 Å². The molecule has 0 atom stereocenters. The summed E-state index contributed by atoms with van der Waals surface area (Å²) in [5, 5.41) is 15.9. The zero-order chi connectivity index (χ0) is 46.5. The lowest BCUT2D eigenvalue weighted by Crippen LogP contribution is -2.01. The highest BCUT2D eigenvalue weighted by atomic mass is 15.0. The molecule has 0 unspecified atom stereocenters. The molecule has 0 saturated carbocycles. The maximum absolute atomic E-state index is 10.9. The number of nitriles is 1. The third kappa shape index (κ3) is 6.96. The predicted molar refractivity (Wildman–Crippen MR) is 287 cm³/mol. The van der Waals surface area contributed by atoms with Gasteiger partial charge in [0, 0.05) is 27.8 Å². The zero-order valence-corrected chi connectivity index (χ0v) is 37.9. The van der Waals surface area contributed by atoms with Crippen LogP contribution in [-0.2, 0) is 0 Å². The van der Waals surface area contributed by atoms with Gasteiger partial charge in [0.05, 0.1) is 5.56 Å². The lowest BCUT2D eigenvalue weighted by molar-refractivity contribution is 1.07. The van der Waals surface area contributed by atoms with Crippen LogP contribution in [0.25, 0.3) is 134 Å². The van der Waals surface area contributed by atoms with E-state index in [1.165, 1.54) is 43.8 Å². The SMILES string of the molecule is N#Cc1c(-c2ccc(-c3ccc4c(c3)-c3cccc5cccc-4c35)cc2)cccc1-c1ccccc1-c1cccc(-c2nc(-c3ccccc3)nc(-c3ccccc3-c3cccc4ccccc34)n2)c1. The van der Waals surface area contributed by atoms with Crippen LogP contribution in [0.5, 0.6) is 0 Å². The summed E-state index contributed by atoms with van der Waals surface area (Å²) in [6.45, 7) is 0. The number of rotatable bonds is 8. The number of aromatic nitrogens is 3. The molecule has 0 aliphatic heterocycles. The van der Waals surface area contributed by atoms with Crippen LogP contribution >= 0.6 is 0 Å². The van der Waals surface area contributed by atoms with Crippen LogP contribution in [0, 0.1) is 11.3 Å². The van der Waals surface area contributed by atoms with Gasteiger partial charge in [-0.25, -0.2) is 15.0 Å². The summed E-state index contributed by atoms with van der Waals surface area (Å²) in [4.78, 5) is 15.5. The molecule has 12 aromatic rings. The van der Waals surface area contributed by atoms with E-state index < -0.39 is 0 Å². The molecule has 4 nitrogen and oxygen atoms in total. The largest absolute Gasteiger partial charge is 0.208 e. The van der Waals surface area contributed by atoms with Gasteiger partial charge in [-0.2, -0.15) is 5.26 Å². The van der Waals surface area contributed by atoms with Crippen molar-refractivity contribution in [2.24, 2.45) is 0 Å². The second-order valence-electron chi connectivity index (χ2n) is 17.8. The minimum Gasteiger partial charge on any atom is -0.208 e. The van der Waals surface area contributed by atoms with Crippen molar-refractivity contribution in [3.8, 4) is 118 Å². The summed E-state index contributed by atoms with van der Waals surface area (Å²) < 4.78 is 0. The third-order valence-corrected chi connectivity index (χ3v) is 13.8. The molecule has 0 radical (unpaired) electrons. The van der Waals surface area contributed by atoms with E-state index >= 15 is 0 Å². The molecule has 1 aromatic heterocycles. The average molecular weight is 889 g/mol. The van der Waals surface area contributed by atoms with Crippen LogP contribution < -0.4 is 0 Å². The molecule has 0 N–H and O–H groups in total. The number of benzene rings is 11. The fourth-order valence-electron chi connectivity index (χ4n) is 10.5. The predicted octanol–water partition coefficient (Wildman–Crippen LogP) is 17.0. The van der Waals surface area contributed by atoms with Gasteiger partial charge in [-0.1, -0.05) is 231 Å². The van der Waals surface area contributed by atoms with E-state index in [0.717, 1.165) is 72.3 Å². The molecule has 70 heavy (non-hydrogen) atoms. The molecule has 13 rings (SSSR count). The molecular formula is C66H40N4. The first kappa shape index (κ1) is 40.7. The molecule has 4 heteroatoms. The Morgan fingerprint density at radius 3 is 1.53 bits per heavy atom. The third-order valence-electron chi connectivity index (χ3n) is 13.8. The van der Waals surface area contributed by atoms with E-state index in [9.17, 15) is 5.26 Å². The molecule has 1 heterocycles. The highest BCUT2D eigenvalue weighted by molar-refractivity contribution is 6.15. The maximum atomic E-state index is 10.9. The van der Waals surface area contributed by atoms with E-state index in [4.69, 9.17) is 15.0 Å². The molecule has 11 aromatic carbocycles. The Kier molecular flexibility index (Phi) is 9.85. The number of hydrogen-bond donors (Lipinski definition) is 0. The molecule has 0 spiro atoms. The van der Waals surface area contributed by atoms with Crippen molar-refractivity contribution in [2.45, 2.75) is 0 Å². The molecule has 1 aliphatic rings. The molecule has 0 fully saturated rings. The van der Waals surface area contributed by atoms with Crippen molar-refractivity contribution < 1.29 is 0 Å². The van der Waals surface area contributed by atoms with E-state index in [2.05, 4.69) is 206 Å². The van der Waals surface area contributed by atoms with Gasteiger partial charge in [-0.15, -0.1) is 0 Å². The van der Waals surface area contributed by atoms with Crippen molar-refractivity contribution in [1.29, 1.82) is 5.26 Å². The molecule has 324 valence electrons. The summed E-state index contributed by atoms with van der Waals surface area (Å²) in [6.07, 6.45) is 0. The van der Waals surface area contributed by atoms with Gasteiger partial charge in [0.15, 0.2) is 17.5 Å². The highest BCUT2D eigenvalue weighted by Gasteiger charge is 2.23. The summed E-state index contributed by atoms with van der Waals surface area (Å²) >= 11 is 0. The van der Waals surface area contributed by atoms with Gasteiger partial charge < -0.3 is 0 Å². The Hall–Kier alpha value is -9.56. The normalized spacial score (nSPS) is 11.4. The first-order valence-corrected chi connectivity index (χ1v) is 23.6. The van der Waals surface area contributed by atoms with E-state index in [1.807, 2.05) is 42.5 Å². The summed E-state index contributed by atoms with van der Waals surface area (Å²) in [7, 11) is 0. The van der Waals surface area contributed by atoms with Crippen molar-refractivity contribution >= 4 is 21.5 Å². The van der Waals surface area contributed by atoms with Crippen molar-refractivity contribution in [2.75, 3.05) is 0 Å². The standard InChI is InChI=1S/C66H40N4/c67-41-62-51(44-35-33-42(34-36-44)47-37-38-57-58-31-12-19-45-20-13-32-59(63(45)58)61(57)40-47)28-14-30-56(62)53-25-7-6-24-52(53)48-21-10-22-49(39-48)65-68-64(46-16-2-1-3-17-46)69-66(70-65)60-27-9-8-26-55(60)54-29-11-18-43-15-4-5-23-50(43)54/h1-40H. The van der Waals surface area contributed by atoms with E-state index in [-0.39, 0.29) is 0 Å². The quantitative estimate of drug-likeness (QED) is 0.152. The minimum atomic E-state index is 0.571. The minimum absolute atomic E-state index is 0.571. The highest BCUT2D eigenvalue weighted by Crippen LogP contribution is 2.48. The van der Waals surface area contributed by atoms with Gasteiger partial charge in [0.2, 0.25) is 0 Å². The van der Waals surface area contributed by atoms with Crippen molar-refractivity contribution in [1.82, 2.24) is 15.0 Å². The zero-order valence-electron chi connectivity index (χ0n) is 37.9. The van der Waals surface area contributed by atoms with E-state index in [0.29, 0.717) is 23.0 Å². The maximum Gasteiger partial charge on any atom is 0.164 e. The average Bonchev–Trinajstić information content (AvgIpc) is 3.76. The van der Waals surface area contributed by atoms with Crippen molar-refractivity contribution in [3.05, 3.63) is 248 Å². The fourth-order valence-corrected chi connectivity index (χ4v) is 10.5. The molecule has 0 amide bonds. The topological polar surface area (TPSA) is 62.5 Å². The van der Waals surface area contributed by atoms with E-state index in [1.54, 1.807) is 0 Å². The van der Waals surface area contributed by atoms with Crippen molar-refractivity contribution in [3.63, 3.8) is 0 Å². The molecule has 1 aliphatic carbocycles. The lowest BCUT2D eigenvalue weighted by Gasteiger charge is -2.16. The van der Waals surface area contributed by atoms with Gasteiger partial charge in [-0.3, -0.25) is 0 Å². The molecule has 0 saturated heterocycles. The van der Waals surface area contributed by atoms with Crippen LogP contribution in [-0.4, -0.2) is 15.0 Å². The Morgan fingerprint density at radius 2 is 0.743 bits per heavy atom. The first-order valence-electron chi connectivity index (χ1n) is 23.6. The Bertz CT molecular complexity index is 4060. The Balaban J connectivity index is 0.867. The summed E-state index contributed by atoms with van der Waals surface area (Å²) in [5.74, 6) is 1.76. The van der Waals surface area contributed by atoms with Crippen LogP contribution in [0.15, 0.2) is 243 Å². The van der Waals surface area contributed by atoms with Gasteiger partial charge in [-0.05, 0) is 100 Å². The number of hydrogen-bond acceptors (Lipinski definition) is 4. The Labute approximate surface area is 406 Å². The van der Waals surface area contributed by atoms with Gasteiger partial charge >= 0.3 is 0 Å². The molecule has 0 bridgehead atoms. The van der Waals surface area contributed by atoms with Crippen LogP contribution in [0.3, 0.4) is 0 Å². The van der Waals surface area contributed by atoms with Crippen LogP contribution in [0.2, 0.25) is 0 Å². The summed E-state index contributed by atoms with van der Waals surface area (Å²) in [6, 6.07) is 87.4. The number of fused-ring (bicyclic) bond motifs is 4. The second-order valence-corrected chi connectivity index (χ2v) is 17.8. The monoisotopic (exact) mass is 888 g/mol. The molecular weight excluding hydrogens is 849 g/mol. The van der Waals surface area contributed by atoms with Gasteiger partial charge in [0.1, 0.15) is 6.07 Å². The van der Waals surface area contributed by atoms with Gasteiger partial charge in [0.25, 0.3) is 0 Å². The second kappa shape index (κ2) is 16.9. The summed E-state index contributed by atoms with van der Waals surface area (Å²) in [5.41, 5.74) is 18.6. The number of nitrogens with zero attached hydrogens (tertiary/aromatic N) is 4. The van der Waals surface area contributed by atoms with Crippen LogP contribution in [0.1, 0.15) is 5.56 Å². The Morgan fingerprint density at radius 1 is 0.257 bits per heavy atom.